The second-order valence-corrected chi connectivity index (χ2v) is 6.84. The van der Waals surface area contributed by atoms with Crippen molar-refractivity contribution in [2.45, 2.75) is 0 Å². The van der Waals surface area contributed by atoms with Gasteiger partial charge in [0.05, 0.1) is 32.2 Å². The van der Waals surface area contributed by atoms with Gasteiger partial charge in [-0.1, -0.05) is 6.07 Å². The average molecular weight is 446 g/mol. The van der Waals surface area contributed by atoms with Crippen LogP contribution < -0.4 is 29.6 Å². The molecule has 0 radical (unpaired) electrons. The first-order chi connectivity index (χ1) is 16.1. The number of aromatic nitrogens is 2. The number of anilines is 2. The minimum atomic E-state index is -0.375. The van der Waals surface area contributed by atoms with Crippen molar-refractivity contribution in [3.63, 3.8) is 0 Å². The van der Waals surface area contributed by atoms with Gasteiger partial charge in [-0.05, 0) is 42.5 Å². The lowest BCUT2D eigenvalue weighted by Crippen LogP contribution is -2.19. The van der Waals surface area contributed by atoms with E-state index in [9.17, 15) is 4.79 Å². The Morgan fingerprint density at radius 2 is 1.48 bits per heavy atom. The van der Waals surface area contributed by atoms with Crippen LogP contribution in [-0.2, 0) is 0 Å². The first-order valence-electron chi connectivity index (χ1n) is 9.96. The fourth-order valence-electron chi connectivity index (χ4n) is 3.15. The molecule has 168 valence electrons. The molecular formula is C24H22N4O5. The number of nitrogens with zero attached hydrogens (tertiary/aromatic N) is 2. The number of ether oxygens (including phenoxy) is 4. The van der Waals surface area contributed by atoms with Crippen LogP contribution in [0.25, 0.3) is 10.9 Å². The molecule has 0 aliphatic carbocycles. The number of nitrogens with one attached hydrogen (secondary N) is 2. The van der Waals surface area contributed by atoms with Crippen LogP contribution in [0.15, 0.2) is 67.0 Å². The van der Waals surface area contributed by atoms with Crippen molar-refractivity contribution >= 4 is 28.3 Å². The molecule has 0 aliphatic rings. The van der Waals surface area contributed by atoms with Gasteiger partial charge in [0.15, 0.2) is 11.5 Å². The lowest BCUT2D eigenvalue weighted by Gasteiger charge is -2.12. The van der Waals surface area contributed by atoms with E-state index in [0.29, 0.717) is 51.2 Å². The highest BCUT2D eigenvalue weighted by Crippen LogP contribution is 2.35. The summed E-state index contributed by atoms with van der Waals surface area (Å²) in [5, 5.41) is 6.21. The molecule has 0 fully saturated rings. The summed E-state index contributed by atoms with van der Waals surface area (Å²) in [7, 11) is 4.69. The Balaban J connectivity index is 1.46. The zero-order valence-corrected chi connectivity index (χ0v) is 18.3. The summed E-state index contributed by atoms with van der Waals surface area (Å²) in [6.45, 7) is 0. The topological polar surface area (TPSA) is 104 Å². The van der Waals surface area contributed by atoms with Crippen molar-refractivity contribution in [2.24, 2.45) is 0 Å². The molecule has 0 bridgehead atoms. The Labute approximate surface area is 190 Å². The number of hydrogen-bond acceptors (Lipinski definition) is 7. The Bertz CT molecular complexity index is 1280. The summed E-state index contributed by atoms with van der Waals surface area (Å²) in [4.78, 5) is 20.8. The Kier molecular flexibility index (Phi) is 6.40. The van der Waals surface area contributed by atoms with Gasteiger partial charge in [0, 0.05) is 23.5 Å². The van der Waals surface area contributed by atoms with E-state index in [4.69, 9.17) is 18.9 Å². The molecule has 9 nitrogen and oxygen atoms in total. The molecule has 4 aromatic rings. The molecule has 2 amide bonds. The molecule has 0 saturated carbocycles. The quantitative estimate of drug-likeness (QED) is 0.407. The van der Waals surface area contributed by atoms with Crippen LogP contribution in [0.1, 0.15) is 0 Å². The molecule has 0 atom stereocenters. The lowest BCUT2D eigenvalue weighted by molar-refractivity contribution is 0.262. The second kappa shape index (κ2) is 9.73. The number of rotatable bonds is 7. The highest BCUT2D eigenvalue weighted by Gasteiger charge is 2.12. The van der Waals surface area contributed by atoms with Crippen LogP contribution in [0, 0.1) is 0 Å². The number of hydrogen-bond donors (Lipinski definition) is 2. The highest BCUT2D eigenvalue weighted by molar-refractivity contribution is 5.99. The van der Waals surface area contributed by atoms with Crippen LogP contribution in [0.5, 0.6) is 28.9 Å². The predicted octanol–water partition coefficient (Wildman–Crippen LogP) is 5.09. The molecule has 0 unspecified atom stereocenters. The molecule has 0 aliphatic heterocycles. The van der Waals surface area contributed by atoms with Crippen molar-refractivity contribution in [1.29, 1.82) is 0 Å². The third-order valence-electron chi connectivity index (χ3n) is 4.76. The van der Waals surface area contributed by atoms with Gasteiger partial charge in [-0.3, -0.25) is 0 Å². The fraction of sp³-hybridized carbons (Fsp3) is 0.125. The summed E-state index contributed by atoms with van der Waals surface area (Å²) >= 11 is 0. The zero-order chi connectivity index (χ0) is 23.2. The van der Waals surface area contributed by atoms with E-state index in [1.165, 1.54) is 6.33 Å². The predicted molar refractivity (Wildman–Crippen MR) is 125 cm³/mol. The third kappa shape index (κ3) is 5.04. The Morgan fingerprint density at radius 3 is 2.21 bits per heavy atom. The summed E-state index contributed by atoms with van der Waals surface area (Å²) in [5.41, 5.74) is 1.88. The van der Waals surface area contributed by atoms with E-state index in [0.717, 1.165) is 0 Å². The van der Waals surface area contributed by atoms with Crippen molar-refractivity contribution < 1.29 is 23.7 Å². The third-order valence-corrected chi connectivity index (χ3v) is 4.76. The van der Waals surface area contributed by atoms with Crippen LogP contribution >= 0.6 is 0 Å². The Hall–Kier alpha value is -4.53. The number of amides is 2. The molecule has 33 heavy (non-hydrogen) atoms. The Morgan fingerprint density at radius 1 is 0.758 bits per heavy atom. The minimum absolute atomic E-state index is 0.373. The standard InChI is InChI=1S/C24H22N4O5/c1-30-18-6-4-5-16(11-18)28-24(29)27-15-7-9-17(10-8-15)33-23-19-12-21(31-2)22(32-3)13-20(19)25-14-26-23/h4-14H,1-3H3,(H2,27,28,29). The van der Waals surface area contributed by atoms with Gasteiger partial charge < -0.3 is 29.6 Å². The van der Waals surface area contributed by atoms with Crippen LogP contribution in [0.4, 0.5) is 16.2 Å². The molecule has 0 saturated heterocycles. The van der Waals surface area contributed by atoms with Gasteiger partial charge in [-0.15, -0.1) is 0 Å². The maximum Gasteiger partial charge on any atom is 0.323 e. The maximum atomic E-state index is 12.3. The highest BCUT2D eigenvalue weighted by atomic mass is 16.5. The second-order valence-electron chi connectivity index (χ2n) is 6.84. The fourth-order valence-corrected chi connectivity index (χ4v) is 3.15. The van der Waals surface area contributed by atoms with E-state index in [-0.39, 0.29) is 6.03 Å². The van der Waals surface area contributed by atoms with E-state index in [1.807, 2.05) is 0 Å². The SMILES string of the molecule is COc1cccc(NC(=O)Nc2ccc(Oc3ncnc4cc(OC)c(OC)cc34)cc2)c1. The number of benzene rings is 3. The van der Waals surface area contributed by atoms with Gasteiger partial charge in [0.1, 0.15) is 17.8 Å². The molecule has 4 rings (SSSR count). The van der Waals surface area contributed by atoms with E-state index in [2.05, 4.69) is 20.6 Å². The zero-order valence-electron chi connectivity index (χ0n) is 18.3. The number of methoxy groups -OCH3 is 3. The molecule has 9 heteroatoms. The van der Waals surface area contributed by atoms with Crippen molar-refractivity contribution in [3.05, 3.63) is 67.0 Å². The van der Waals surface area contributed by atoms with Crippen LogP contribution in [-0.4, -0.2) is 37.3 Å². The largest absolute Gasteiger partial charge is 0.497 e. The number of fused-ring (bicyclic) bond motifs is 1. The molecule has 0 spiro atoms. The monoisotopic (exact) mass is 446 g/mol. The number of urea groups is 1. The first kappa shape index (κ1) is 21.7. The molecule has 1 aromatic heterocycles. The van der Waals surface area contributed by atoms with Crippen LogP contribution in [0.2, 0.25) is 0 Å². The number of carbonyl (C=O) groups is 1. The summed E-state index contributed by atoms with van der Waals surface area (Å²) in [6, 6.07) is 17.2. The molecule has 1 heterocycles. The van der Waals surface area contributed by atoms with Gasteiger partial charge >= 0.3 is 6.03 Å². The van der Waals surface area contributed by atoms with Crippen molar-refractivity contribution in [3.8, 4) is 28.9 Å². The summed E-state index contributed by atoms with van der Waals surface area (Å²) in [6.07, 6.45) is 1.42. The average Bonchev–Trinajstić information content (AvgIpc) is 2.84. The minimum Gasteiger partial charge on any atom is -0.497 e. The van der Waals surface area contributed by atoms with Crippen molar-refractivity contribution in [1.82, 2.24) is 9.97 Å². The smallest absolute Gasteiger partial charge is 0.323 e. The first-order valence-corrected chi connectivity index (χ1v) is 9.96. The van der Waals surface area contributed by atoms with E-state index < -0.39 is 0 Å². The number of carbonyl (C=O) groups excluding carboxylic acids is 1. The molecule has 3 aromatic carbocycles. The van der Waals surface area contributed by atoms with E-state index in [1.54, 1.807) is 82.0 Å². The van der Waals surface area contributed by atoms with Gasteiger partial charge in [-0.25, -0.2) is 14.8 Å². The van der Waals surface area contributed by atoms with Gasteiger partial charge in [-0.2, -0.15) is 0 Å². The molecular weight excluding hydrogens is 424 g/mol. The normalized spacial score (nSPS) is 10.4. The molecule has 2 N–H and O–H groups in total. The van der Waals surface area contributed by atoms with Gasteiger partial charge in [0.2, 0.25) is 5.88 Å². The van der Waals surface area contributed by atoms with E-state index >= 15 is 0 Å². The van der Waals surface area contributed by atoms with Crippen molar-refractivity contribution in [2.75, 3.05) is 32.0 Å². The summed E-state index contributed by atoms with van der Waals surface area (Å²) < 4.78 is 21.8. The lowest BCUT2D eigenvalue weighted by atomic mass is 10.2. The van der Waals surface area contributed by atoms with Crippen LogP contribution in [0.3, 0.4) is 0 Å². The van der Waals surface area contributed by atoms with Gasteiger partial charge in [0.25, 0.3) is 0 Å². The summed E-state index contributed by atoms with van der Waals surface area (Å²) in [5.74, 6) is 2.69. The maximum absolute atomic E-state index is 12.3.